The topological polar surface area (TPSA) is 66.4 Å². The predicted octanol–water partition coefficient (Wildman–Crippen LogP) is 3.06. The van der Waals surface area contributed by atoms with Crippen LogP contribution in [0.4, 0.5) is 4.39 Å². The van der Waals surface area contributed by atoms with Crippen LogP contribution in [0.15, 0.2) is 23.1 Å². The van der Waals surface area contributed by atoms with Crippen molar-refractivity contribution in [2.45, 2.75) is 48.8 Å². The standard InChI is InChI=1S/C15H18FNO3S/c1-9(14(18)17-10-4-2-3-5-10)21-11-6-7-13(16)12(8-11)15(19)20/h6-10H,2-5H2,1H3,(H,17,18)(H,19,20). The molecular formula is C15H18FNO3S. The minimum atomic E-state index is -1.31. The molecule has 1 atom stereocenters. The van der Waals surface area contributed by atoms with Crippen molar-refractivity contribution >= 4 is 23.6 Å². The lowest BCUT2D eigenvalue weighted by Gasteiger charge is -2.16. The van der Waals surface area contributed by atoms with Gasteiger partial charge in [0.2, 0.25) is 5.91 Å². The molecule has 0 saturated heterocycles. The Bertz CT molecular complexity index is 544. The van der Waals surface area contributed by atoms with Crippen molar-refractivity contribution in [1.82, 2.24) is 5.32 Å². The summed E-state index contributed by atoms with van der Waals surface area (Å²) in [6, 6.07) is 4.13. The van der Waals surface area contributed by atoms with Crippen LogP contribution in [0.3, 0.4) is 0 Å². The van der Waals surface area contributed by atoms with Crippen LogP contribution in [-0.4, -0.2) is 28.3 Å². The number of amides is 1. The molecule has 4 nitrogen and oxygen atoms in total. The largest absolute Gasteiger partial charge is 0.478 e. The number of nitrogens with one attached hydrogen (secondary N) is 1. The first-order chi connectivity index (χ1) is 9.97. The number of halogens is 1. The summed E-state index contributed by atoms with van der Waals surface area (Å²) >= 11 is 1.23. The number of carbonyl (C=O) groups excluding carboxylic acids is 1. The Morgan fingerprint density at radius 2 is 2.05 bits per heavy atom. The summed E-state index contributed by atoms with van der Waals surface area (Å²) in [4.78, 5) is 23.5. The Kier molecular flexibility index (Phi) is 5.22. The van der Waals surface area contributed by atoms with Crippen molar-refractivity contribution in [2.24, 2.45) is 0 Å². The summed E-state index contributed by atoms with van der Waals surface area (Å²) in [6.07, 6.45) is 4.32. The van der Waals surface area contributed by atoms with Crippen LogP contribution < -0.4 is 5.32 Å². The lowest BCUT2D eigenvalue weighted by Crippen LogP contribution is -2.37. The van der Waals surface area contributed by atoms with Gasteiger partial charge in [0, 0.05) is 10.9 Å². The second-order valence-corrected chi connectivity index (χ2v) is 6.61. The van der Waals surface area contributed by atoms with Gasteiger partial charge >= 0.3 is 5.97 Å². The first-order valence-corrected chi connectivity index (χ1v) is 7.85. The van der Waals surface area contributed by atoms with Crippen LogP contribution in [0.1, 0.15) is 43.0 Å². The average molecular weight is 311 g/mol. The highest BCUT2D eigenvalue weighted by atomic mass is 32.2. The van der Waals surface area contributed by atoms with Gasteiger partial charge in [-0.25, -0.2) is 9.18 Å². The molecular weight excluding hydrogens is 293 g/mol. The Morgan fingerprint density at radius 3 is 2.67 bits per heavy atom. The third-order valence-electron chi connectivity index (χ3n) is 3.55. The molecule has 0 aromatic heterocycles. The van der Waals surface area contributed by atoms with Crippen LogP contribution >= 0.6 is 11.8 Å². The number of carboxylic acid groups (broad SMARTS) is 1. The number of thioether (sulfide) groups is 1. The van der Waals surface area contributed by atoms with Gasteiger partial charge in [0.05, 0.1) is 10.8 Å². The lowest BCUT2D eigenvalue weighted by atomic mass is 10.2. The molecule has 1 aliphatic rings. The molecule has 0 spiro atoms. The van der Waals surface area contributed by atoms with E-state index in [1.165, 1.54) is 23.9 Å². The van der Waals surface area contributed by atoms with E-state index >= 15 is 0 Å². The quantitative estimate of drug-likeness (QED) is 0.820. The van der Waals surface area contributed by atoms with Gasteiger partial charge in [-0.15, -0.1) is 11.8 Å². The molecule has 0 radical (unpaired) electrons. The van der Waals surface area contributed by atoms with Crippen LogP contribution in [-0.2, 0) is 4.79 Å². The monoisotopic (exact) mass is 311 g/mol. The molecule has 2 rings (SSSR count). The second kappa shape index (κ2) is 6.93. The Morgan fingerprint density at radius 1 is 1.38 bits per heavy atom. The summed E-state index contributed by atoms with van der Waals surface area (Å²) in [7, 11) is 0. The molecule has 6 heteroatoms. The van der Waals surface area contributed by atoms with Gasteiger partial charge in [0.15, 0.2) is 0 Å². The zero-order valence-corrected chi connectivity index (χ0v) is 12.6. The Hall–Kier alpha value is -1.56. The van der Waals surface area contributed by atoms with Gasteiger partial charge in [0.1, 0.15) is 5.82 Å². The van der Waals surface area contributed by atoms with Crippen molar-refractivity contribution in [3.8, 4) is 0 Å². The molecule has 21 heavy (non-hydrogen) atoms. The van der Waals surface area contributed by atoms with Gasteiger partial charge in [0.25, 0.3) is 0 Å². The summed E-state index contributed by atoms with van der Waals surface area (Å²) < 4.78 is 13.3. The molecule has 0 bridgehead atoms. The van der Waals surface area contributed by atoms with Gasteiger partial charge in [-0.3, -0.25) is 4.79 Å². The molecule has 0 aliphatic heterocycles. The molecule has 1 saturated carbocycles. The van der Waals surface area contributed by atoms with E-state index in [1.807, 2.05) is 0 Å². The van der Waals surface area contributed by atoms with Gasteiger partial charge < -0.3 is 10.4 Å². The number of hydrogen-bond acceptors (Lipinski definition) is 3. The smallest absolute Gasteiger partial charge is 0.338 e. The molecule has 1 aromatic carbocycles. The zero-order valence-electron chi connectivity index (χ0n) is 11.8. The normalized spacial score (nSPS) is 16.7. The summed E-state index contributed by atoms with van der Waals surface area (Å²) in [6.45, 7) is 1.76. The van der Waals surface area contributed by atoms with Crippen molar-refractivity contribution < 1.29 is 19.1 Å². The maximum Gasteiger partial charge on any atom is 0.338 e. The molecule has 0 heterocycles. The van der Waals surface area contributed by atoms with Crippen LogP contribution in [0, 0.1) is 5.82 Å². The highest BCUT2D eigenvalue weighted by Gasteiger charge is 2.21. The molecule has 1 amide bonds. The fraction of sp³-hybridized carbons (Fsp3) is 0.467. The van der Waals surface area contributed by atoms with E-state index in [-0.39, 0.29) is 22.8 Å². The van der Waals surface area contributed by atoms with E-state index in [1.54, 1.807) is 6.92 Å². The van der Waals surface area contributed by atoms with E-state index in [9.17, 15) is 14.0 Å². The van der Waals surface area contributed by atoms with E-state index in [0.29, 0.717) is 4.90 Å². The Labute approximate surface area is 127 Å². The van der Waals surface area contributed by atoms with Crippen LogP contribution in [0.5, 0.6) is 0 Å². The highest BCUT2D eigenvalue weighted by Crippen LogP contribution is 2.26. The first kappa shape index (κ1) is 15.8. The third-order valence-corrected chi connectivity index (χ3v) is 4.65. The molecule has 1 aliphatic carbocycles. The summed E-state index contributed by atoms with van der Waals surface area (Å²) in [5.74, 6) is -2.14. The lowest BCUT2D eigenvalue weighted by molar-refractivity contribution is -0.120. The maximum atomic E-state index is 13.3. The predicted molar refractivity (Wildman–Crippen MR) is 79.1 cm³/mol. The average Bonchev–Trinajstić information content (AvgIpc) is 2.93. The van der Waals surface area contributed by atoms with Crippen LogP contribution in [0.2, 0.25) is 0 Å². The fourth-order valence-corrected chi connectivity index (χ4v) is 3.30. The first-order valence-electron chi connectivity index (χ1n) is 6.97. The van der Waals surface area contributed by atoms with Crippen molar-refractivity contribution in [1.29, 1.82) is 0 Å². The van der Waals surface area contributed by atoms with Gasteiger partial charge in [-0.2, -0.15) is 0 Å². The Balaban J connectivity index is 1.98. The minimum Gasteiger partial charge on any atom is -0.478 e. The number of rotatable bonds is 5. The minimum absolute atomic E-state index is 0.0619. The molecule has 1 unspecified atom stereocenters. The summed E-state index contributed by atoms with van der Waals surface area (Å²) in [5, 5.41) is 11.5. The second-order valence-electron chi connectivity index (χ2n) is 5.20. The molecule has 1 aromatic rings. The highest BCUT2D eigenvalue weighted by molar-refractivity contribution is 8.00. The van der Waals surface area contributed by atoms with E-state index in [2.05, 4.69) is 5.32 Å². The van der Waals surface area contributed by atoms with Crippen molar-refractivity contribution in [3.05, 3.63) is 29.6 Å². The van der Waals surface area contributed by atoms with Gasteiger partial charge in [-0.1, -0.05) is 12.8 Å². The number of aromatic carboxylic acids is 1. The maximum absolute atomic E-state index is 13.3. The zero-order chi connectivity index (χ0) is 15.4. The number of benzene rings is 1. The van der Waals surface area contributed by atoms with Crippen LogP contribution in [0.25, 0.3) is 0 Å². The third kappa shape index (κ3) is 4.20. The van der Waals surface area contributed by atoms with E-state index in [4.69, 9.17) is 5.11 Å². The fourth-order valence-electron chi connectivity index (χ4n) is 2.39. The van der Waals surface area contributed by atoms with Crippen molar-refractivity contribution in [2.75, 3.05) is 0 Å². The number of carbonyl (C=O) groups is 2. The number of hydrogen-bond donors (Lipinski definition) is 2. The SMILES string of the molecule is CC(Sc1ccc(F)c(C(=O)O)c1)C(=O)NC1CCCC1. The van der Waals surface area contributed by atoms with Crippen molar-refractivity contribution in [3.63, 3.8) is 0 Å². The number of carboxylic acids is 1. The van der Waals surface area contributed by atoms with E-state index < -0.39 is 11.8 Å². The van der Waals surface area contributed by atoms with Gasteiger partial charge in [-0.05, 0) is 38.0 Å². The molecule has 2 N–H and O–H groups in total. The molecule has 114 valence electrons. The van der Waals surface area contributed by atoms with E-state index in [0.717, 1.165) is 31.7 Å². The molecule has 1 fully saturated rings. The summed E-state index contributed by atoms with van der Waals surface area (Å²) in [5.41, 5.74) is -0.372.